The van der Waals surface area contributed by atoms with Gasteiger partial charge in [-0.05, 0) is 29.8 Å². The van der Waals surface area contributed by atoms with Gasteiger partial charge in [0.1, 0.15) is 5.56 Å². The van der Waals surface area contributed by atoms with Gasteiger partial charge in [0.15, 0.2) is 23.0 Å². The lowest BCUT2D eigenvalue weighted by molar-refractivity contribution is -0.143. The third kappa shape index (κ3) is 5.31. The molecule has 0 aliphatic heterocycles. The lowest BCUT2D eigenvalue weighted by Gasteiger charge is -2.13. The molecule has 0 N–H and O–H groups in total. The minimum Gasteiger partial charge on any atom is -0.493 e. The Morgan fingerprint density at radius 1 is 1.00 bits per heavy atom. The molecule has 0 bridgehead atoms. The fraction of sp³-hybridized carbons (Fsp3) is 0.190. The Balaban J connectivity index is 1.93. The van der Waals surface area contributed by atoms with Crippen molar-refractivity contribution in [3.05, 3.63) is 59.4 Å². The smallest absolute Gasteiger partial charge is 0.434 e. The standard InChI is InChI=1S/C21H17F3N4O6/c1-31-15-10-12(5-9-18(29)33-3)4-6-14(15)34-20(30)13-11-25-28(19(13)21(22,23)24)16-7-8-17(32-2)27-26-16/h4-11H,1-3H3/b9-5+. The first-order chi connectivity index (χ1) is 16.2. The van der Waals surface area contributed by atoms with Gasteiger partial charge in [-0.2, -0.15) is 18.3 Å². The largest absolute Gasteiger partial charge is 0.493 e. The number of esters is 2. The second-order valence-electron chi connectivity index (χ2n) is 6.41. The zero-order valence-electron chi connectivity index (χ0n) is 18.0. The molecule has 0 radical (unpaired) electrons. The minimum atomic E-state index is -4.97. The molecule has 0 fully saturated rings. The van der Waals surface area contributed by atoms with E-state index in [9.17, 15) is 22.8 Å². The fourth-order valence-corrected chi connectivity index (χ4v) is 2.74. The number of rotatable bonds is 7. The zero-order chi connectivity index (χ0) is 24.9. The average molecular weight is 478 g/mol. The molecule has 2 heterocycles. The number of carbonyl (C=O) groups is 2. The van der Waals surface area contributed by atoms with Crippen LogP contribution in [0.1, 0.15) is 21.6 Å². The summed E-state index contributed by atoms with van der Waals surface area (Å²) in [6, 6.07) is 6.69. The summed E-state index contributed by atoms with van der Waals surface area (Å²) < 4.78 is 61.6. The van der Waals surface area contributed by atoms with Crippen LogP contribution >= 0.6 is 0 Å². The van der Waals surface area contributed by atoms with Gasteiger partial charge in [0.05, 0.1) is 27.5 Å². The molecular formula is C21H17F3N4O6. The number of alkyl halides is 3. The molecule has 0 amide bonds. The monoisotopic (exact) mass is 478 g/mol. The zero-order valence-corrected chi connectivity index (χ0v) is 18.0. The highest BCUT2D eigenvalue weighted by molar-refractivity contribution is 5.93. The third-order valence-corrected chi connectivity index (χ3v) is 4.31. The highest BCUT2D eigenvalue weighted by atomic mass is 19.4. The maximum absolute atomic E-state index is 13.8. The van der Waals surface area contributed by atoms with Crippen molar-refractivity contribution in [2.45, 2.75) is 6.18 Å². The normalized spacial score (nSPS) is 11.4. The number of benzene rings is 1. The van der Waals surface area contributed by atoms with Crippen molar-refractivity contribution < 1.29 is 41.7 Å². The van der Waals surface area contributed by atoms with Gasteiger partial charge in [-0.25, -0.2) is 14.3 Å². The van der Waals surface area contributed by atoms with Crippen LogP contribution in [0.3, 0.4) is 0 Å². The Hall–Kier alpha value is -4.42. The molecule has 0 aliphatic carbocycles. The van der Waals surface area contributed by atoms with Crippen LogP contribution in [0.15, 0.2) is 42.6 Å². The van der Waals surface area contributed by atoms with Crippen molar-refractivity contribution >= 4 is 18.0 Å². The molecular weight excluding hydrogens is 461 g/mol. The highest BCUT2D eigenvalue weighted by Crippen LogP contribution is 2.35. The molecule has 178 valence electrons. The van der Waals surface area contributed by atoms with Crippen LogP contribution in [-0.2, 0) is 15.7 Å². The lowest BCUT2D eigenvalue weighted by atomic mass is 10.2. The number of nitrogens with zero attached hydrogens (tertiary/aromatic N) is 4. The van der Waals surface area contributed by atoms with Gasteiger partial charge < -0.3 is 18.9 Å². The van der Waals surface area contributed by atoms with E-state index in [-0.39, 0.29) is 23.2 Å². The molecule has 0 unspecified atom stereocenters. The molecule has 0 saturated carbocycles. The summed E-state index contributed by atoms with van der Waals surface area (Å²) in [5, 5.41) is 10.9. The number of ether oxygens (including phenoxy) is 4. The van der Waals surface area contributed by atoms with Crippen molar-refractivity contribution in [1.29, 1.82) is 0 Å². The summed E-state index contributed by atoms with van der Waals surface area (Å²) in [5.74, 6) is -2.22. The first-order valence-corrected chi connectivity index (χ1v) is 9.37. The average Bonchev–Trinajstić information content (AvgIpc) is 3.29. The number of hydrogen-bond donors (Lipinski definition) is 0. The van der Waals surface area contributed by atoms with Crippen LogP contribution in [0, 0.1) is 0 Å². The van der Waals surface area contributed by atoms with Gasteiger partial charge in [0, 0.05) is 12.1 Å². The maximum Gasteiger partial charge on any atom is 0.434 e. The first kappa shape index (κ1) is 24.2. The van der Waals surface area contributed by atoms with Crippen LogP contribution in [0.5, 0.6) is 17.4 Å². The SMILES string of the molecule is COC(=O)/C=C/c1ccc(OC(=O)c2cnn(-c3ccc(OC)nn3)c2C(F)(F)F)c(OC)c1. The third-order valence-electron chi connectivity index (χ3n) is 4.31. The van der Waals surface area contributed by atoms with Crippen molar-refractivity contribution in [1.82, 2.24) is 20.0 Å². The molecule has 0 saturated heterocycles. The predicted octanol–water partition coefficient (Wildman–Crippen LogP) is 3.10. The van der Waals surface area contributed by atoms with Crippen LogP contribution < -0.4 is 14.2 Å². The van der Waals surface area contributed by atoms with Crippen LogP contribution in [0.25, 0.3) is 11.9 Å². The van der Waals surface area contributed by atoms with Gasteiger partial charge in [-0.1, -0.05) is 6.07 Å². The van der Waals surface area contributed by atoms with Crippen LogP contribution in [0.4, 0.5) is 13.2 Å². The van der Waals surface area contributed by atoms with Gasteiger partial charge in [0.2, 0.25) is 5.88 Å². The number of hydrogen-bond acceptors (Lipinski definition) is 9. The van der Waals surface area contributed by atoms with Crippen molar-refractivity contribution in [2.75, 3.05) is 21.3 Å². The number of halogens is 3. The highest BCUT2D eigenvalue weighted by Gasteiger charge is 2.41. The summed E-state index contributed by atoms with van der Waals surface area (Å²) in [4.78, 5) is 23.9. The molecule has 2 aromatic heterocycles. The number of carbonyl (C=O) groups excluding carboxylic acids is 2. The lowest BCUT2D eigenvalue weighted by Crippen LogP contribution is -2.20. The fourth-order valence-electron chi connectivity index (χ4n) is 2.74. The molecule has 0 aliphatic rings. The Labute approximate surface area is 190 Å². The minimum absolute atomic E-state index is 0.0438. The molecule has 3 aromatic rings. The van der Waals surface area contributed by atoms with Gasteiger partial charge in [0.25, 0.3) is 0 Å². The molecule has 0 spiro atoms. The van der Waals surface area contributed by atoms with E-state index < -0.39 is 29.4 Å². The van der Waals surface area contributed by atoms with Crippen molar-refractivity contribution in [2.24, 2.45) is 0 Å². The van der Waals surface area contributed by atoms with E-state index in [1.54, 1.807) is 0 Å². The van der Waals surface area contributed by atoms with E-state index >= 15 is 0 Å². The predicted molar refractivity (Wildman–Crippen MR) is 110 cm³/mol. The van der Waals surface area contributed by atoms with Gasteiger partial charge in [-0.15, -0.1) is 10.2 Å². The molecule has 0 atom stereocenters. The Kier molecular flexibility index (Phi) is 7.14. The van der Waals surface area contributed by atoms with Gasteiger partial charge >= 0.3 is 18.1 Å². The van der Waals surface area contributed by atoms with E-state index in [1.807, 2.05) is 0 Å². The maximum atomic E-state index is 13.8. The Bertz CT molecular complexity index is 1220. The first-order valence-electron chi connectivity index (χ1n) is 9.37. The molecule has 34 heavy (non-hydrogen) atoms. The summed E-state index contributed by atoms with van der Waals surface area (Å²) in [6.45, 7) is 0. The number of methoxy groups -OCH3 is 3. The van der Waals surface area contributed by atoms with E-state index in [0.29, 0.717) is 10.2 Å². The van der Waals surface area contributed by atoms with E-state index in [0.717, 1.165) is 12.3 Å². The van der Waals surface area contributed by atoms with Crippen molar-refractivity contribution in [3.8, 4) is 23.2 Å². The molecule has 13 heteroatoms. The quantitative estimate of drug-likeness (QED) is 0.287. The second-order valence-corrected chi connectivity index (χ2v) is 6.41. The van der Waals surface area contributed by atoms with Gasteiger partial charge in [-0.3, -0.25) is 0 Å². The molecule has 3 rings (SSSR count). The van der Waals surface area contributed by atoms with Crippen LogP contribution in [-0.4, -0.2) is 53.2 Å². The van der Waals surface area contributed by atoms with E-state index in [1.165, 1.54) is 57.7 Å². The number of aromatic nitrogens is 4. The summed E-state index contributed by atoms with van der Waals surface area (Å²) in [5.41, 5.74) is -1.75. The Morgan fingerprint density at radius 3 is 2.35 bits per heavy atom. The van der Waals surface area contributed by atoms with Crippen LogP contribution in [0.2, 0.25) is 0 Å². The summed E-state index contributed by atoms with van der Waals surface area (Å²) in [7, 11) is 3.82. The van der Waals surface area contributed by atoms with E-state index in [4.69, 9.17) is 14.2 Å². The summed E-state index contributed by atoms with van der Waals surface area (Å²) in [6.07, 6.45) is -1.68. The van der Waals surface area contributed by atoms with E-state index in [2.05, 4.69) is 20.0 Å². The summed E-state index contributed by atoms with van der Waals surface area (Å²) >= 11 is 0. The van der Waals surface area contributed by atoms with Crippen molar-refractivity contribution in [3.63, 3.8) is 0 Å². The molecule has 1 aromatic carbocycles. The molecule has 10 nitrogen and oxygen atoms in total. The topological polar surface area (TPSA) is 115 Å². The second kappa shape index (κ2) is 10.0. The Morgan fingerprint density at radius 2 is 1.76 bits per heavy atom.